The lowest BCUT2D eigenvalue weighted by Crippen LogP contribution is -2.44. The minimum Gasteiger partial charge on any atom is -0.493 e. The molecule has 1 aromatic carbocycles. The maximum atomic E-state index is 13.3. The average molecular weight is 449 g/mol. The molecule has 0 bridgehead atoms. The first kappa shape index (κ1) is 21.2. The molecule has 3 aromatic rings. The minimum absolute atomic E-state index is 0.0410. The largest absolute Gasteiger partial charge is 0.493 e. The summed E-state index contributed by atoms with van der Waals surface area (Å²) in [5.74, 6) is 3.26. The molecule has 2 aromatic heterocycles. The molecule has 0 atom stereocenters. The van der Waals surface area contributed by atoms with E-state index in [-0.39, 0.29) is 11.8 Å². The second kappa shape index (κ2) is 9.09. The number of piperidine rings is 1. The van der Waals surface area contributed by atoms with Crippen molar-refractivity contribution in [3.8, 4) is 17.3 Å². The van der Waals surface area contributed by atoms with Crippen LogP contribution in [0.3, 0.4) is 0 Å². The zero-order valence-electron chi connectivity index (χ0n) is 19.0. The summed E-state index contributed by atoms with van der Waals surface area (Å²) in [6.45, 7) is 2.94. The molecule has 1 saturated heterocycles. The Kier molecular flexibility index (Phi) is 5.85. The van der Waals surface area contributed by atoms with Crippen LogP contribution in [0.5, 0.6) is 11.5 Å². The molecule has 0 spiro atoms. The molecule has 2 aliphatic heterocycles. The predicted octanol–water partition coefficient (Wildman–Crippen LogP) is 2.48. The summed E-state index contributed by atoms with van der Waals surface area (Å²) >= 11 is 0. The highest BCUT2D eigenvalue weighted by Gasteiger charge is 2.31. The Bertz CT molecular complexity index is 1110. The van der Waals surface area contributed by atoms with Crippen LogP contribution in [0.1, 0.15) is 24.0 Å². The molecule has 1 amide bonds. The number of nitrogens with zero attached hydrogens (tertiary/aromatic N) is 6. The Morgan fingerprint density at radius 1 is 0.970 bits per heavy atom. The van der Waals surface area contributed by atoms with Crippen LogP contribution in [-0.4, -0.2) is 64.6 Å². The van der Waals surface area contributed by atoms with Crippen LogP contribution in [0, 0.1) is 5.92 Å². The van der Waals surface area contributed by atoms with Gasteiger partial charge in [-0.25, -0.2) is 4.68 Å². The van der Waals surface area contributed by atoms with Crippen LogP contribution in [0.4, 0.5) is 5.82 Å². The fourth-order valence-corrected chi connectivity index (χ4v) is 4.70. The molecule has 9 heteroatoms. The van der Waals surface area contributed by atoms with Gasteiger partial charge in [-0.15, -0.1) is 10.2 Å². The van der Waals surface area contributed by atoms with Crippen molar-refractivity contribution in [2.75, 3.05) is 38.8 Å². The standard InChI is InChI=1S/C24H28N6O3/c1-32-20-14-18-8-13-29(16-19(18)15-21(20)33-2)24(31)17-6-11-28(12-7-17)22-4-5-23(27-26-22)30-10-3-9-25-30/h3-5,9-10,14-15,17H,6-8,11-13,16H2,1-2H3. The van der Waals surface area contributed by atoms with Gasteiger partial charge >= 0.3 is 0 Å². The molecule has 0 N–H and O–H groups in total. The van der Waals surface area contributed by atoms with Crippen molar-refractivity contribution < 1.29 is 14.3 Å². The molecule has 172 valence electrons. The van der Waals surface area contributed by atoms with Gasteiger partial charge in [0.1, 0.15) is 0 Å². The average Bonchev–Trinajstić information content (AvgIpc) is 3.42. The Morgan fingerprint density at radius 2 is 1.67 bits per heavy atom. The summed E-state index contributed by atoms with van der Waals surface area (Å²) in [7, 11) is 3.29. The number of fused-ring (bicyclic) bond motifs is 1. The van der Waals surface area contributed by atoms with Crippen LogP contribution >= 0.6 is 0 Å². The summed E-state index contributed by atoms with van der Waals surface area (Å²) in [6, 6.07) is 9.77. The third-order valence-electron chi connectivity index (χ3n) is 6.57. The van der Waals surface area contributed by atoms with E-state index in [1.165, 1.54) is 5.56 Å². The maximum absolute atomic E-state index is 13.3. The first-order chi connectivity index (χ1) is 16.2. The number of rotatable bonds is 5. The topological polar surface area (TPSA) is 85.6 Å². The highest BCUT2D eigenvalue weighted by molar-refractivity contribution is 5.79. The van der Waals surface area contributed by atoms with E-state index in [1.807, 2.05) is 41.4 Å². The molecule has 0 saturated carbocycles. The van der Waals surface area contributed by atoms with Crippen LogP contribution in [0.2, 0.25) is 0 Å². The van der Waals surface area contributed by atoms with Crippen molar-refractivity contribution in [3.63, 3.8) is 0 Å². The Morgan fingerprint density at radius 3 is 2.30 bits per heavy atom. The van der Waals surface area contributed by atoms with Gasteiger partial charge in [-0.1, -0.05) is 0 Å². The van der Waals surface area contributed by atoms with Crippen molar-refractivity contribution in [1.29, 1.82) is 0 Å². The van der Waals surface area contributed by atoms with Crippen molar-refractivity contribution >= 4 is 11.7 Å². The number of carbonyl (C=O) groups excluding carboxylic acids is 1. The number of benzene rings is 1. The number of aromatic nitrogens is 4. The molecule has 0 radical (unpaired) electrons. The number of methoxy groups -OCH3 is 2. The zero-order chi connectivity index (χ0) is 22.8. The Balaban J connectivity index is 1.20. The third-order valence-corrected chi connectivity index (χ3v) is 6.57. The summed E-state index contributed by atoms with van der Waals surface area (Å²) in [4.78, 5) is 17.5. The number of hydrogen-bond acceptors (Lipinski definition) is 7. The fraction of sp³-hybridized carbons (Fsp3) is 0.417. The number of ether oxygens (including phenoxy) is 2. The lowest BCUT2D eigenvalue weighted by molar-refractivity contribution is -0.137. The van der Waals surface area contributed by atoms with E-state index in [2.05, 4.69) is 20.2 Å². The Labute approximate surface area is 192 Å². The van der Waals surface area contributed by atoms with Crippen LogP contribution in [0.15, 0.2) is 42.7 Å². The van der Waals surface area contributed by atoms with E-state index >= 15 is 0 Å². The first-order valence-corrected chi connectivity index (χ1v) is 11.3. The van der Waals surface area contributed by atoms with Crippen molar-refractivity contribution in [2.24, 2.45) is 5.92 Å². The molecule has 4 heterocycles. The molecule has 1 fully saturated rings. The van der Waals surface area contributed by atoms with Crippen molar-refractivity contribution in [1.82, 2.24) is 24.9 Å². The summed E-state index contributed by atoms with van der Waals surface area (Å²) in [6.07, 6.45) is 6.02. The molecule has 2 aliphatic rings. The van der Waals surface area contributed by atoms with Gasteiger partial charge in [0.25, 0.3) is 0 Å². The molecular weight excluding hydrogens is 420 g/mol. The van der Waals surface area contributed by atoms with E-state index in [1.54, 1.807) is 25.1 Å². The fourth-order valence-electron chi connectivity index (χ4n) is 4.70. The van der Waals surface area contributed by atoms with Crippen molar-refractivity contribution in [3.05, 3.63) is 53.9 Å². The van der Waals surface area contributed by atoms with Crippen LogP contribution < -0.4 is 14.4 Å². The lowest BCUT2D eigenvalue weighted by Gasteiger charge is -2.36. The number of amides is 1. The van der Waals surface area contributed by atoms with Gasteiger partial charge in [-0.3, -0.25) is 4.79 Å². The molecule has 5 rings (SSSR count). The lowest BCUT2D eigenvalue weighted by atomic mass is 9.92. The number of carbonyl (C=O) groups is 1. The van der Waals surface area contributed by atoms with E-state index in [4.69, 9.17) is 9.47 Å². The van der Waals surface area contributed by atoms with E-state index in [0.29, 0.717) is 18.1 Å². The minimum atomic E-state index is 0.0410. The summed E-state index contributed by atoms with van der Waals surface area (Å²) < 4.78 is 12.6. The molecule has 9 nitrogen and oxygen atoms in total. The SMILES string of the molecule is COc1cc2c(cc1OC)CN(C(=O)C1CCN(c3ccc(-n4cccn4)nn3)CC1)CC2. The molecular formula is C24H28N6O3. The van der Waals surface area contributed by atoms with Gasteiger partial charge in [0, 0.05) is 44.5 Å². The van der Waals surface area contributed by atoms with Gasteiger partial charge in [-0.2, -0.15) is 5.10 Å². The van der Waals surface area contributed by atoms with Crippen molar-refractivity contribution in [2.45, 2.75) is 25.8 Å². The summed E-state index contributed by atoms with van der Waals surface area (Å²) in [5.41, 5.74) is 2.36. The molecule has 33 heavy (non-hydrogen) atoms. The van der Waals surface area contributed by atoms with E-state index in [9.17, 15) is 4.79 Å². The highest BCUT2D eigenvalue weighted by Crippen LogP contribution is 2.34. The molecule has 0 unspecified atom stereocenters. The third kappa shape index (κ3) is 4.22. The van der Waals surface area contributed by atoms with Crippen LogP contribution in [0.25, 0.3) is 5.82 Å². The number of anilines is 1. The maximum Gasteiger partial charge on any atom is 0.226 e. The van der Waals surface area contributed by atoms with Gasteiger partial charge < -0.3 is 19.3 Å². The van der Waals surface area contributed by atoms with Crippen LogP contribution in [-0.2, 0) is 17.8 Å². The molecule has 0 aliphatic carbocycles. The zero-order valence-corrected chi connectivity index (χ0v) is 19.0. The second-order valence-electron chi connectivity index (χ2n) is 8.45. The predicted molar refractivity (Wildman–Crippen MR) is 123 cm³/mol. The van der Waals surface area contributed by atoms with Gasteiger partial charge in [0.2, 0.25) is 5.91 Å². The Hall–Kier alpha value is -3.62. The van der Waals surface area contributed by atoms with E-state index < -0.39 is 0 Å². The second-order valence-corrected chi connectivity index (χ2v) is 8.45. The van der Waals surface area contributed by atoms with Gasteiger partial charge in [0.15, 0.2) is 23.1 Å². The highest BCUT2D eigenvalue weighted by atomic mass is 16.5. The first-order valence-electron chi connectivity index (χ1n) is 11.3. The summed E-state index contributed by atoms with van der Waals surface area (Å²) in [5, 5.41) is 12.8. The van der Waals surface area contributed by atoms with E-state index in [0.717, 1.165) is 56.0 Å². The van der Waals surface area contributed by atoms with Gasteiger partial charge in [0.05, 0.1) is 14.2 Å². The normalized spacial score (nSPS) is 16.4. The smallest absolute Gasteiger partial charge is 0.226 e. The van der Waals surface area contributed by atoms with Gasteiger partial charge in [-0.05, 0) is 60.7 Å². The number of hydrogen-bond donors (Lipinski definition) is 0. The monoisotopic (exact) mass is 448 g/mol. The quantitative estimate of drug-likeness (QED) is 0.593.